The highest BCUT2D eigenvalue weighted by Gasteiger charge is 2.30. The Morgan fingerprint density at radius 3 is 2.71 bits per heavy atom. The average Bonchev–Trinajstić information content (AvgIpc) is 3.29. The highest BCUT2D eigenvalue weighted by molar-refractivity contribution is 7.98. The molecule has 0 spiro atoms. The van der Waals surface area contributed by atoms with Crippen molar-refractivity contribution >= 4 is 23.4 Å². The van der Waals surface area contributed by atoms with Crippen LogP contribution in [0.4, 0.5) is 0 Å². The molecule has 1 aromatic carbocycles. The van der Waals surface area contributed by atoms with Gasteiger partial charge in [-0.25, -0.2) is 4.68 Å². The van der Waals surface area contributed by atoms with E-state index in [0.29, 0.717) is 16.8 Å². The molecule has 140 valence electrons. The molecule has 0 radical (unpaired) electrons. The van der Waals surface area contributed by atoms with Gasteiger partial charge in [0.15, 0.2) is 11.0 Å². The van der Waals surface area contributed by atoms with Crippen LogP contribution in [0, 0.1) is 0 Å². The lowest BCUT2D eigenvalue weighted by Gasteiger charge is -2.08. The van der Waals surface area contributed by atoms with Gasteiger partial charge in [0.1, 0.15) is 0 Å². The summed E-state index contributed by atoms with van der Waals surface area (Å²) in [5, 5.41) is 18.9. The summed E-state index contributed by atoms with van der Waals surface area (Å²) < 4.78 is 3.97. The molecule has 0 aliphatic heterocycles. The Kier molecular flexibility index (Phi) is 4.58. The molecule has 28 heavy (non-hydrogen) atoms. The zero-order chi connectivity index (χ0) is 18.9. The number of thioether (sulfide) groups is 1. The fourth-order valence-corrected chi connectivity index (χ4v) is 4.05. The van der Waals surface area contributed by atoms with Gasteiger partial charge in [-0.15, -0.1) is 15.3 Å². The molecule has 5 rings (SSSR count). The zero-order valence-corrected chi connectivity index (χ0v) is 16.4. The first kappa shape index (κ1) is 17.4. The third-order valence-corrected chi connectivity index (χ3v) is 5.69. The molecule has 0 atom stereocenters. The Balaban J connectivity index is 1.36. The van der Waals surface area contributed by atoms with E-state index in [-0.39, 0.29) is 0 Å². The third kappa shape index (κ3) is 3.53. The monoisotopic (exact) mass is 409 g/mol. The molecule has 1 saturated carbocycles. The van der Waals surface area contributed by atoms with Gasteiger partial charge in [0.25, 0.3) is 0 Å². The van der Waals surface area contributed by atoms with Crippen LogP contribution in [0.2, 0.25) is 5.02 Å². The summed E-state index contributed by atoms with van der Waals surface area (Å²) in [6, 6.07) is 11.9. The molecular weight excluding hydrogens is 394 g/mol. The van der Waals surface area contributed by atoms with Gasteiger partial charge < -0.3 is 0 Å². The molecule has 0 bridgehead atoms. The first-order valence-electron chi connectivity index (χ1n) is 8.93. The molecule has 1 aliphatic rings. The molecule has 9 heteroatoms. The van der Waals surface area contributed by atoms with E-state index in [1.54, 1.807) is 28.8 Å². The standard InChI is InChI=1S/C19H16ClN7S/c20-14-2-1-3-17(10-14)26-11-15(22-25-26)12-28-19-24-23-18(27(19)16-4-5-16)13-6-8-21-9-7-13/h1-3,6-11,16H,4-5,12H2. The second kappa shape index (κ2) is 7.37. The number of rotatable bonds is 6. The number of hydrogen-bond acceptors (Lipinski definition) is 6. The largest absolute Gasteiger partial charge is 0.299 e. The predicted molar refractivity (Wildman–Crippen MR) is 107 cm³/mol. The van der Waals surface area contributed by atoms with Gasteiger partial charge in [-0.3, -0.25) is 9.55 Å². The lowest BCUT2D eigenvalue weighted by Crippen LogP contribution is -2.00. The first-order chi connectivity index (χ1) is 13.8. The number of benzene rings is 1. The minimum atomic E-state index is 0.475. The molecule has 1 fully saturated rings. The van der Waals surface area contributed by atoms with Gasteiger partial charge in [-0.1, -0.05) is 34.6 Å². The van der Waals surface area contributed by atoms with Gasteiger partial charge in [-0.2, -0.15) is 0 Å². The fourth-order valence-electron chi connectivity index (χ4n) is 2.98. The summed E-state index contributed by atoms with van der Waals surface area (Å²) in [6.45, 7) is 0. The highest BCUT2D eigenvalue weighted by atomic mass is 35.5. The van der Waals surface area contributed by atoms with E-state index >= 15 is 0 Å². The van der Waals surface area contributed by atoms with E-state index in [4.69, 9.17) is 11.6 Å². The van der Waals surface area contributed by atoms with E-state index in [1.165, 1.54) is 0 Å². The van der Waals surface area contributed by atoms with Gasteiger partial charge in [0.05, 0.1) is 17.6 Å². The van der Waals surface area contributed by atoms with Crippen molar-refractivity contribution in [2.24, 2.45) is 0 Å². The van der Waals surface area contributed by atoms with Crippen LogP contribution < -0.4 is 0 Å². The Morgan fingerprint density at radius 2 is 1.93 bits per heavy atom. The summed E-state index contributed by atoms with van der Waals surface area (Å²) in [4.78, 5) is 4.09. The Bertz CT molecular complexity index is 1100. The quantitative estimate of drug-likeness (QED) is 0.444. The highest BCUT2D eigenvalue weighted by Crippen LogP contribution is 2.41. The maximum absolute atomic E-state index is 6.06. The van der Waals surface area contributed by atoms with Gasteiger partial charge in [0, 0.05) is 34.8 Å². The zero-order valence-electron chi connectivity index (χ0n) is 14.8. The van der Waals surface area contributed by atoms with Gasteiger partial charge in [-0.05, 0) is 43.2 Å². The molecule has 0 N–H and O–H groups in total. The number of pyridine rings is 1. The smallest absolute Gasteiger partial charge is 0.192 e. The van der Waals surface area contributed by atoms with Gasteiger partial charge in [0.2, 0.25) is 0 Å². The number of hydrogen-bond donors (Lipinski definition) is 0. The van der Waals surface area contributed by atoms with Crippen molar-refractivity contribution in [2.45, 2.75) is 29.8 Å². The lowest BCUT2D eigenvalue weighted by atomic mass is 10.2. The fraction of sp³-hybridized carbons (Fsp3) is 0.211. The van der Waals surface area contributed by atoms with E-state index < -0.39 is 0 Å². The summed E-state index contributed by atoms with van der Waals surface area (Å²) in [6.07, 6.45) is 7.80. The summed E-state index contributed by atoms with van der Waals surface area (Å²) in [5.74, 6) is 1.57. The van der Waals surface area contributed by atoms with Crippen LogP contribution >= 0.6 is 23.4 Å². The minimum absolute atomic E-state index is 0.475. The molecule has 0 unspecified atom stereocenters. The summed E-state index contributed by atoms with van der Waals surface area (Å²) >= 11 is 7.69. The normalized spacial score (nSPS) is 13.8. The van der Waals surface area contributed by atoms with Crippen molar-refractivity contribution < 1.29 is 0 Å². The number of aromatic nitrogens is 7. The Morgan fingerprint density at radius 1 is 1.07 bits per heavy atom. The molecular formula is C19H16ClN7S. The summed E-state index contributed by atoms with van der Waals surface area (Å²) in [5.41, 5.74) is 2.80. The van der Waals surface area contributed by atoms with Crippen LogP contribution in [-0.4, -0.2) is 34.7 Å². The van der Waals surface area contributed by atoms with Crippen LogP contribution in [-0.2, 0) is 5.75 Å². The molecule has 4 aromatic rings. The predicted octanol–water partition coefficient (Wildman–Crippen LogP) is 4.20. The van der Waals surface area contributed by atoms with E-state index in [9.17, 15) is 0 Å². The SMILES string of the molecule is Clc1cccc(-n2cc(CSc3nnc(-c4ccncc4)n3C3CC3)nn2)c1. The maximum Gasteiger partial charge on any atom is 0.192 e. The molecule has 7 nitrogen and oxygen atoms in total. The van der Waals surface area contributed by atoms with Crippen molar-refractivity contribution in [3.8, 4) is 17.1 Å². The molecule has 3 heterocycles. The second-order valence-corrected chi connectivity index (χ2v) is 7.95. The second-order valence-electron chi connectivity index (χ2n) is 6.57. The molecule has 0 amide bonds. The van der Waals surface area contributed by atoms with Crippen molar-refractivity contribution in [1.29, 1.82) is 0 Å². The number of nitrogens with zero attached hydrogens (tertiary/aromatic N) is 7. The van der Waals surface area contributed by atoms with Crippen LogP contribution in [0.1, 0.15) is 24.6 Å². The van der Waals surface area contributed by atoms with Gasteiger partial charge >= 0.3 is 0 Å². The minimum Gasteiger partial charge on any atom is -0.299 e. The van der Waals surface area contributed by atoms with Crippen LogP contribution in [0.3, 0.4) is 0 Å². The Labute approximate surface area is 170 Å². The molecule has 1 aliphatic carbocycles. The summed E-state index contributed by atoms with van der Waals surface area (Å²) in [7, 11) is 0. The first-order valence-corrected chi connectivity index (χ1v) is 10.3. The van der Waals surface area contributed by atoms with Crippen molar-refractivity contribution in [2.75, 3.05) is 0 Å². The Hall–Kier alpha value is -2.71. The van der Waals surface area contributed by atoms with E-state index in [1.807, 2.05) is 42.6 Å². The van der Waals surface area contributed by atoms with E-state index in [0.717, 1.165) is 40.8 Å². The van der Waals surface area contributed by atoms with Crippen LogP contribution in [0.15, 0.2) is 60.1 Å². The van der Waals surface area contributed by atoms with Crippen molar-refractivity contribution in [3.05, 3.63) is 65.7 Å². The maximum atomic E-state index is 6.06. The van der Waals surface area contributed by atoms with Crippen LogP contribution in [0.5, 0.6) is 0 Å². The van der Waals surface area contributed by atoms with Crippen LogP contribution in [0.25, 0.3) is 17.1 Å². The number of halogens is 1. The molecule has 0 saturated heterocycles. The van der Waals surface area contributed by atoms with Crippen molar-refractivity contribution in [3.63, 3.8) is 0 Å². The topological polar surface area (TPSA) is 74.3 Å². The average molecular weight is 410 g/mol. The molecule has 3 aromatic heterocycles. The lowest BCUT2D eigenvalue weighted by molar-refractivity contribution is 0.669. The third-order valence-electron chi connectivity index (χ3n) is 4.48. The van der Waals surface area contributed by atoms with E-state index in [2.05, 4.69) is 30.1 Å². The van der Waals surface area contributed by atoms with Crippen molar-refractivity contribution in [1.82, 2.24) is 34.7 Å².